The van der Waals surface area contributed by atoms with Crippen molar-refractivity contribution in [3.63, 3.8) is 0 Å². The lowest BCUT2D eigenvalue weighted by molar-refractivity contribution is 0.0594. The number of benzene rings is 1. The lowest BCUT2D eigenvalue weighted by Crippen LogP contribution is -2.37. The molecule has 0 saturated carbocycles. The molecule has 102 valence electrons. The normalized spacial score (nSPS) is 16.0. The molecule has 3 nitrogen and oxygen atoms in total. The summed E-state index contributed by atoms with van der Waals surface area (Å²) in [6.45, 7) is 3.64. The molecule has 1 aliphatic rings. The SMILES string of the molecule is CCC(C)N1C(=O)c2c(Cl)c(Cl)c(Cl)c(Cl)c2C1=O. The summed E-state index contributed by atoms with van der Waals surface area (Å²) in [7, 11) is 0. The first kappa shape index (κ1) is 14.9. The molecular weight excluding hydrogens is 332 g/mol. The van der Waals surface area contributed by atoms with Gasteiger partial charge in [0.1, 0.15) is 0 Å². The molecule has 19 heavy (non-hydrogen) atoms. The minimum Gasteiger partial charge on any atom is -0.271 e. The zero-order valence-corrected chi connectivity index (χ0v) is 13.1. The lowest BCUT2D eigenvalue weighted by atomic mass is 10.1. The van der Waals surface area contributed by atoms with Crippen molar-refractivity contribution < 1.29 is 9.59 Å². The van der Waals surface area contributed by atoms with Crippen LogP contribution in [0, 0.1) is 0 Å². The molecule has 0 saturated heterocycles. The molecule has 1 aliphatic heterocycles. The number of halogens is 4. The Hall–Kier alpha value is -0.480. The topological polar surface area (TPSA) is 37.4 Å². The van der Waals surface area contributed by atoms with E-state index in [0.717, 1.165) is 4.90 Å². The van der Waals surface area contributed by atoms with Gasteiger partial charge in [-0.25, -0.2) is 0 Å². The second-order valence-electron chi connectivity index (χ2n) is 4.24. The Balaban J connectivity index is 2.73. The molecule has 1 atom stereocenters. The summed E-state index contributed by atoms with van der Waals surface area (Å²) in [6, 6.07) is -0.253. The maximum absolute atomic E-state index is 12.3. The Bertz CT molecular complexity index is 553. The van der Waals surface area contributed by atoms with Crippen molar-refractivity contribution in [2.45, 2.75) is 26.3 Å². The summed E-state index contributed by atoms with van der Waals surface area (Å²) in [5, 5.41) is -0.0936. The van der Waals surface area contributed by atoms with E-state index in [1.165, 1.54) is 0 Å². The van der Waals surface area contributed by atoms with Gasteiger partial charge in [-0.1, -0.05) is 53.3 Å². The van der Waals surface area contributed by atoms with E-state index in [1.807, 2.05) is 6.92 Å². The Morgan fingerprint density at radius 1 is 0.895 bits per heavy atom. The highest BCUT2D eigenvalue weighted by Gasteiger charge is 2.43. The van der Waals surface area contributed by atoms with E-state index in [0.29, 0.717) is 6.42 Å². The summed E-state index contributed by atoms with van der Waals surface area (Å²) in [5.74, 6) is -0.973. The zero-order chi connectivity index (χ0) is 14.5. The first-order valence-electron chi connectivity index (χ1n) is 5.56. The second kappa shape index (κ2) is 5.13. The van der Waals surface area contributed by atoms with Crippen LogP contribution in [0.15, 0.2) is 0 Å². The minimum absolute atomic E-state index is 0.0146. The molecule has 0 radical (unpaired) electrons. The number of carbonyl (C=O) groups excluding carboxylic acids is 2. The number of rotatable bonds is 2. The van der Waals surface area contributed by atoms with Gasteiger partial charge in [-0.05, 0) is 13.3 Å². The van der Waals surface area contributed by atoms with E-state index in [-0.39, 0.29) is 37.3 Å². The van der Waals surface area contributed by atoms with E-state index in [1.54, 1.807) is 6.92 Å². The predicted octanol–water partition coefficient (Wildman–Crippen LogP) is 4.69. The van der Waals surface area contributed by atoms with Crippen molar-refractivity contribution >= 4 is 58.2 Å². The summed E-state index contributed by atoms with van der Waals surface area (Å²) in [6.07, 6.45) is 0.627. The summed E-state index contributed by atoms with van der Waals surface area (Å²) < 4.78 is 0. The first-order chi connectivity index (χ1) is 8.82. The number of hydrogen-bond donors (Lipinski definition) is 0. The molecule has 1 unspecified atom stereocenters. The third kappa shape index (κ3) is 2.04. The third-order valence-electron chi connectivity index (χ3n) is 3.16. The smallest absolute Gasteiger partial charge is 0.263 e. The van der Waals surface area contributed by atoms with Crippen LogP contribution in [-0.4, -0.2) is 22.8 Å². The van der Waals surface area contributed by atoms with E-state index in [9.17, 15) is 9.59 Å². The van der Waals surface area contributed by atoms with Crippen LogP contribution in [0.5, 0.6) is 0 Å². The van der Waals surface area contributed by atoms with Crippen LogP contribution in [0.3, 0.4) is 0 Å². The fourth-order valence-electron chi connectivity index (χ4n) is 1.95. The fourth-order valence-corrected chi connectivity index (χ4v) is 2.96. The monoisotopic (exact) mass is 339 g/mol. The van der Waals surface area contributed by atoms with Gasteiger partial charge < -0.3 is 0 Å². The highest BCUT2D eigenvalue weighted by atomic mass is 35.5. The Morgan fingerprint density at radius 3 is 1.58 bits per heavy atom. The molecule has 1 aromatic carbocycles. The van der Waals surface area contributed by atoms with Gasteiger partial charge in [0.15, 0.2) is 0 Å². The molecule has 2 rings (SSSR count). The van der Waals surface area contributed by atoms with Gasteiger partial charge >= 0.3 is 0 Å². The van der Waals surface area contributed by atoms with E-state index in [2.05, 4.69) is 0 Å². The van der Waals surface area contributed by atoms with Crippen molar-refractivity contribution in [3.05, 3.63) is 31.2 Å². The molecule has 1 aromatic rings. The maximum atomic E-state index is 12.3. The third-order valence-corrected chi connectivity index (χ3v) is 4.97. The Kier molecular flexibility index (Phi) is 4.03. The zero-order valence-electron chi connectivity index (χ0n) is 10.1. The standard InChI is InChI=1S/C12H9Cl4NO2/c1-3-4(2)17-11(18)5-6(12(17)19)8(14)10(16)9(15)7(5)13/h4H,3H2,1-2H3. The van der Waals surface area contributed by atoms with Gasteiger partial charge in [0.05, 0.1) is 31.2 Å². The molecule has 2 amide bonds. The molecule has 0 bridgehead atoms. The van der Waals surface area contributed by atoms with Gasteiger partial charge in [-0.3, -0.25) is 14.5 Å². The lowest BCUT2D eigenvalue weighted by Gasteiger charge is -2.20. The van der Waals surface area contributed by atoms with E-state index >= 15 is 0 Å². The van der Waals surface area contributed by atoms with Crippen LogP contribution in [0.2, 0.25) is 20.1 Å². The molecule has 0 spiro atoms. The van der Waals surface area contributed by atoms with Crippen LogP contribution in [0.1, 0.15) is 41.0 Å². The van der Waals surface area contributed by atoms with Gasteiger partial charge in [-0.15, -0.1) is 0 Å². The number of carbonyl (C=O) groups is 2. The number of amides is 2. The van der Waals surface area contributed by atoms with Gasteiger partial charge in [0, 0.05) is 6.04 Å². The number of imide groups is 1. The van der Waals surface area contributed by atoms with Crippen LogP contribution in [0.25, 0.3) is 0 Å². The second-order valence-corrected chi connectivity index (χ2v) is 5.76. The highest BCUT2D eigenvalue weighted by Crippen LogP contribution is 2.45. The number of nitrogens with zero attached hydrogens (tertiary/aromatic N) is 1. The molecule has 1 heterocycles. The summed E-state index contributed by atoms with van der Waals surface area (Å²) >= 11 is 23.8. The predicted molar refractivity (Wildman–Crippen MR) is 76.7 cm³/mol. The quantitative estimate of drug-likeness (QED) is 0.444. The number of fused-ring (bicyclic) bond motifs is 1. The Morgan fingerprint density at radius 2 is 1.26 bits per heavy atom. The molecule has 0 fully saturated rings. The molecular formula is C12H9Cl4NO2. The molecule has 0 aromatic heterocycles. The fraction of sp³-hybridized carbons (Fsp3) is 0.333. The maximum Gasteiger partial charge on any atom is 0.263 e. The average Bonchev–Trinajstić information content (AvgIpc) is 2.64. The average molecular weight is 341 g/mol. The van der Waals surface area contributed by atoms with Crippen LogP contribution in [-0.2, 0) is 0 Å². The largest absolute Gasteiger partial charge is 0.271 e. The van der Waals surface area contributed by atoms with Gasteiger partial charge in [0.2, 0.25) is 0 Å². The molecule has 0 aliphatic carbocycles. The molecule has 7 heteroatoms. The van der Waals surface area contributed by atoms with Gasteiger partial charge in [0.25, 0.3) is 11.8 Å². The van der Waals surface area contributed by atoms with E-state index in [4.69, 9.17) is 46.4 Å². The summed E-state index contributed by atoms with van der Waals surface area (Å²) in [4.78, 5) is 25.7. The van der Waals surface area contributed by atoms with Crippen molar-refractivity contribution in [2.75, 3.05) is 0 Å². The first-order valence-corrected chi connectivity index (χ1v) is 7.07. The van der Waals surface area contributed by atoms with Crippen LogP contribution < -0.4 is 0 Å². The summed E-state index contributed by atoms with van der Waals surface area (Å²) in [5.41, 5.74) is 0.0673. The number of hydrogen-bond acceptors (Lipinski definition) is 2. The van der Waals surface area contributed by atoms with Crippen LogP contribution >= 0.6 is 46.4 Å². The van der Waals surface area contributed by atoms with E-state index < -0.39 is 11.8 Å². The Labute approximate surface area is 130 Å². The van der Waals surface area contributed by atoms with Crippen LogP contribution in [0.4, 0.5) is 0 Å². The van der Waals surface area contributed by atoms with Crippen molar-refractivity contribution in [1.29, 1.82) is 0 Å². The minimum atomic E-state index is -0.486. The van der Waals surface area contributed by atoms with Gasteiger partial charge in [-0.2, -0.15) is 0 Å². The highest BCUT2D eigenvalue weighted by molar-refractivity contribution is 6.55. The molecule has 0 N–H and O–H groups in total. The van der Waals surface area contributed by atoms with Crippen molar-refractivity contribution in [2.24, 2.45) is 0 Å². The van der Waals surface area contributed by atoms with Crippen molar-refractivity contribution in [1.82, 2.24) is 4.90 Å². The van der Waals surface area contributed by atoms with Crippen molar-refractivity contribution in [3.8, 4) is 0 Å².